The van der Waals surface area contributed by atoms with Crippen molar-refractivity contribution < 1.29 is 24.2 Å². The summed E-state index contributed by atoms with van der Waals surface area (Å²) in [5, 5.41) is 14.2. The minimum absolute atomic E-state index is 0.0296. The van der Waals surface area contributed by atoms with E-state index in [0.29, 0.717) is 6.42 Å². The van der Waals surface area contributed by atoms with E-state index in [4.69, 9.17) is 9.84 Å². The van der Waals surface area contributed by atoms with Gasteiger partial charge < -0.3 is 20.5 Å². The Morgan fingerprint density at radius 2 is 1.55 bits per heavy atom. The van der Waals surface area contributed by atoms with Crippen molar-refractivity contribution in [1.82, 2.24) is 10.6 Å². The first kappa shape index (κ1) is 22.3. The third-order valence-corrected chi connectivity index (χ3v) is 5.48. The van der Waals surface area contributed by atoms with Crippen LogP contribution in [-0.2, 0) is 14.3 Å². The van der Waals surface area contributed by atoms with Crippen LogP contribution in [-0.4, -0.2) is 41.8 Å². The molecule has 0 saturated carbocycles. The molecule has 1 aliphatic rings. The van der Waals surface area contributed by atoms with Crippen LogP contribution in [0.15, 0.2) is 48.5 Å². The Bertz CT molecular complexity index is 913. The number of hydrogen-bond acceptors (Lipinski definition) is 4. The third-order valence-electron chi connectivity index (χ3n) is 5.48. The van der Waals surface area contributed by atoms with Gasteiger partial charge in [0.2, 0.25) is 5.91 Å². The molecule has 164 valence electrons. The van der Waals surface area contributed by atoms with Gasteiger partial charge in [-0.1, -0.05) is 55.5 Å². The molecule has 2 atom stereocenters. The topological polar surface area (TPSA) is 105 Å². The third kappa shape index (κ3) is 5.63. The van der Waals surface area contributed by atoms with E-state index in [2.05, 4.69) is 34.9 Å². The number of hydrogen-bond donors (Lipinski definition) is 3. The Labute approximate surface area is 181 Å². The number of alkyl carbamates (subject to hydrolysis) is 1. The molecule has 0 radical (unpaired) electrons. The average Bonchev–Trinajstić information content (AvgIpc) is 3.05. The van der Waals surface area contributed by atoms with Gasteiger partial charge in [-0.05, 0) is 35.6 Å². The lowest BCUT2D eigenvalue weighted by molar-refractivity contribution is -0.137. The summed E-state index contributed by atoms with van der Waals surface area (Å²) in [6.45, 7) is 3.72. The standard InChI is InChI=1S/C24H28N2O5/c1-3-16(13-23(28)29)26-22(27)12-15(2)25-24(30)31-14-21-19-10-6-4-8-17(19)18-9-5-7-11-20(18)21/h4-11,15-16,21H,3,12-14H2,1-2H3,(H,25,30)(H,26,27)(H,28,29)/t15-,16+/m1/s1. The zero-order valence-corrected chi connectivity index (χ0v) is 17.8. The zero-order chi connectivity index (χ0) is 22.4. The van der Waals surface area contributed by atoms with Crippen LogP contribution in [0.3, 0.4) is 0 Å². The lowest BCUT2D eigenvalue weighted by atomic mass is 9.98. The number of rotatable bonds is 9. The molecule has 0 spiro atoms. The summed E-state index contributed by atoms with van der Waals surface area (Å²) in [6, 6.07) is 15.3. The molecule has 0 aromatic heterocycles. The number of carboxylic acids is 1. The van der Waals surface area contributed by atoms with Crippen molar-refractivity contribution in [3.63, 3.8) is 0 Å². The van der Waals surface area contributed by atoms with Crippen molar-refractivity contribution in [3.8, 4) is 11.1 Å². The van der Waals surface area contributed by atoms with Crippen molar-refractivity contribution in [3.05, 3.63) is 59.7 Å². The molecule has 0 aliphatic heterocycles. The van der Waals surface area contributed by atoms with Crippen LogP contribution < -0.4 is 10.6 Å². The fourth-order valence-electron chi connectivity index (χ4n) is 3.97. The highest BCUT2D eigenvalue weighted by molar-refractivity contribution is 5.80. The predicted octanol–water partition coefficient (Wildman–Crippen LogP) is 3.67. The largest absolute Gasteiger partial charge is 0.481 e. The molecule has 0 bridgehead atoms. The fourth-order valence-corrected chi connectivity index (χ4v) is 3.97. The van der Waals surface area contributed by atoms with E-state index in [9.17, 15) is 14.4 Å². The first-order chi connectivity index (χ1) is 14.9. The van der Waals surface area contributed by atoms with E-state index >= 15 is 0 Å². The lowest BCUT2D eigenvalue weighted by Gasteiger charge is -2.19. The van der Waals surface area contributed by atoms with E-state index in [-0.39, 0.29) is 31.3 Å². The molecule has 31 heavy (non-hydrogen) atoms. The van der Waals surface area contributed by atoms with E-state index in [1.165, 1.54) is 0 Å². The Morgan fingerprint density at radius 1 is 0.968 bits per heavy atom. The van der Waals surface area contributed by atoms with Gasteiger partial charge in [-0.3, -0.25) is 9.59 Å². The monoisotopic (exact) mass is 424 g/mol. The van der Waals surface area contributed by atoms with Gasteiger partial charge in [-0.2, -0.15) is 0 Å². The molecule has 2 aromatic rings. The molecule has 1 aliphatic carbocycles. The maximum Gasteiger partial charge on any atom is 0.407 e. The zero-order valence-electron chi connectivity index (χ0n) is 17.8. The summed E-state index contributed by atoms with van der Waals surface area (Å²) in [5.74, 6) is -1.30. The average molecular weight is 424 g/mol. The minimum Gasteiger partial charge on any atom is -0.481 e. The Kier molecular flexibility index (Phi) is 7.28. The normalized spacial score (nSPS) is 14.1. The number of benzene rings is 2. The number of nitrogens with one attached hydrogen (secondary N) is 2. The fraction of sp³-hybridized carbons (Fsp3) is 0.375. The first-order valence-electron chi connectivity index (χ1n) is 10.5. The molecule has 0 fully saturated rings. The van der Waals surface area contributed by atoms with Gasteiger partial charge in [0.05, 0.1) is 6.42 Å². The molecule has 2 amide bonds. The van der Waals surface area contributed by atoms with Crippen LogP contribution in [0.4, 0.5) is 4.79 Å². The molecule has 2 aromatic carbocycles. The summed E-state index contributed by atoms with van der Waals surface area (Å²) in [4.78, 5) is 35.3. The molecule has 0 heterocycles. The molecule has 0 unspecified atom stereocenters. The minimum atomic E-state index is -0.961. The van der Waals surface area contributed by atoms with E-state index in [1.807, 2.05) is 31.2 Å². The summed E-state index contributed by atoms with van der Waals surface area (Å²) in [7, 11) is 0. The predicted molar refractivity (Wildman–Crippen MR) is 117 cm³/mol. The summed E-state index contributed by atoms with van der Waals surface area (Å²) in [5.41, 5.74) is 4.58. The quantitative estimate of drug-likeness (QED) is 0.570. The number of fused-ring (bicyclic) bond motifs is 3. The highest BCUT2D eigenvalue weighted by atomic mass is 16.5. The van der Waals surface area contributed by atoms with Crippen molar-refractivity contribution in [2.45, 2.75) is 51.1 Å². The van der Waals surface area contributed by atoms with Crippen molar-refractivity contribution >= 4 is 18.0 Å². The summed E-state index contributed by atoms with van der Waals surface area (Å²) in [6.07, 6.45) is -0.150. The first-order valence-corrected chi connectivity index (χ1v) is 10.5. The van der Waals surface area contributed by atoms with Crippen LogP contribution in [0, 0.1) is 0 Å². The van der Waals surface area contributed by atoms with Crippen molar-refractivity contribution in [1.29, 1.82) is 0 Å². The molecular weight excluding hydrogens is 396 g/mol. The van der Waals surface area contributed by atoms with Crippen molar-refractivity contribution in [2.75, 3.05) is 6.61 Å². The molecule has 7 heteroatoms. The van der Waals surface area contributed by atoms with Crippen LogP contribution in [0.2, 0.25) is 0 Å². The second kappa shape index (κ2) is 10.1. The van der Waals surface area contributed by atoms with Crippen LogP contribution >= 0.6 is 0 Å². The number of carboxylic acid groups (broad SMARTS) is 1. The number of carbonyl (C=O) groups excluding carboxylic acids is 2. The second-order valence-corrected chi connectivity index (χ2v) is 7.85. The van der Waals surface area contributed by atoms with Gasteiger partial charge >= 0.3 is 12.1 Å². The molecule has 0 saturated heterocycles. The van der Waals surface area contributed by atoms with Crippen LogP contribution in [0.25, 0.3) is 11.1 Å². The van der Waals surface area contributed by atoms with Gasteiger partial charge in [-0.25, -0.2) is 4.79 Å². The summed E-state index contributed by atoms with van der Waals surface area (Å²) < 4.78 is 5.49. The van der Waals surface area contributed by atoms with E-state index < -0.39 is 24.1 Å². The molecule has 3 rings (SSSR count). The lowest BCUT2D eigenvalue weighted by Crippen LogP contribution is -2.41. The van der Waals surface area contributed by atoms with E-state index in [0.717, 1.165) is 22.3 Å². The Balaban J connectivity index is 1.51. The number of carbonyl (C=O) groups is 3. The highest BCUT2D eigenvalue weighted by Gasteiger charge is 2.29. The van der Waals surface area contributed by atoms with Gasteiger partial charge in [0, 0.05) is 24.4 Å². The van der Waals surface area contributed by atoms with Crippen molar-refractivity contribution in [2.24, 2.45) is 0 Å². The Hall–Kier alpha value is -3.35. The van der Waals surface area contributed by atoms with Crippen LogP contribution in [0.5, 0.6) is 0 Å². The maximum atomic E-state index is 12.3. The number of amides is 2. The van der Waals surface area contributed by atoms with Gasteiger partial charge in [0.15, 0.2) is 0 Å². The number of aliphatic carboxylic acids is 1. The van der Waals surface area contributed by atoms with Gasteiger partial charge in [0.25, 0.3) is 0 Å². The van der Waals surface area contributed by atoms with E-state index in [1.54, 1.807) is 6.92 Å². The summed E-state index contributed by atoms with van der Waals surface area (Å²) >= 11 is 0. The molecule has 7 nitrogen and oxygen atoms in total. The molecular formula is C24H28N2O5. The van der Waals surface area contributed by atoms with Crippen LogP contribution in [0.1, 0.15) is 50.2 Å². The highest BCUT2D eigenvalue weighted by Crippen LogP contribution is 2.44. The van der Waals surface area contributed by atoms with Gasteiger partial charge in [0.1, 0.15) is 6.61 Å². The second-order valence-electron chi connectivity index (χ2n) is 7.85. The smallest absolute Gasteiger partial charge is 0.407 e. The van der Waals surface area contributed by atoms with Gasteiger partial charge in [-0.15, -0.1) is 0 Å². The SMILES string of the molecule is CC[C@@H](CC(=O)O)NC(=O)C[C@@H](C)NC(=O)OCC1c2ccccc2-c2ccccc21. The molecule has 3 N–H and O–H groups in total. The maximum absolute atomic E-state index is 12.3. The number of ether oxygens (including phenoxy) is 1. The Morgan fingerprint density at radius 3 is 2.10 bits per heavy atom.